The first-order valence-corrected chi connectivity index (χ1v) is 6.81. The third kappa shape index (κ3) is 2.94. The van der Waals surface area contributed by atoms with Gasteiger partial charge in [-0.15, -0.1) is 0 Å². The fourth-order valence-electron chi connectivity index (χ4n) is 2.48. The minimum atomic E-state index is 0.0369. The van der Waals surface area contributed by atoms with Gasteiger partial charge in [0.25, 0.3) is 5.91 Å². The largest absolute Gasteiger partial charge is 0.314 e. The lowest BCUT2D eigenvalue weighted by Crippen LogP contribution is -2.42. The molecule has 0 bridgehead atoms. The van der Waals surface area contributed by atoms with Gasteiger partial charge < -0.3 is 5.32 Å². The number of piperazine rings is 1. The van der Waals surface area contributed by atoms with E-state index < -0.39 is 0 Å². The number of carbonyl (C=O) groups is 1. The lowest BCUT2D eigenvalue weighted by atomic mass is 10.2. The standard InChI is InChI=1S/C14H19N3O2/c18-14-5-10-19-17(14)13-3-1-12(2-4-13)11-16-8-6-15-7-9-16/h1-4,15H,5-11H2. The Morgan fingerprint density at radius 3 is 2.53 bits per heavy atom. The van der Waals surface area contributed by atoms with Crippen molar-refractivity contribution in [3.8, 4) is 0 Å². The van der Waals surface area contributed by atoms with Crippen LogP contribution in [0.25, 0.3) is 0 Å². The van der Waals surface area contributed by atoms with Gasteiger partial charge in [-0.2, -0.15) is 5.06 Å². The Bertz CT molecular complexity index is 441. The van der Waals surface area contributed by atoms with E-state index in [1.54, 1.807) is 0 Å². The van der Waals surface area contributed by atoms with E-state index in [-0.39, 0.29) is 5.91 Å². The summed E-state index contributed by atoms with van der Waals surface area (Å²) in [5, 5.41) is 4.75. The van der Waals surface area contributed by atoms with Crippen LogP contribution in [0, 0.1) is 0 Å². The highest BCUT2D eigenvalue weighted by atomic mass is 16.7. The Labute approximate surface area is 113 Å². The molecule has 2 fully saturated rings. The molecule has 2 aliphatic rings. The number of benzene rings is 1. The molecule has 19 heavy (non-hydrogen) atoms. The van der Waals surface area contributed by atoms with Crippen LogP contribution >= 0.6 is 0 Å². The first-order chi connectivity index (χ1) is 9.33. The Hall–Kier alpha value is -1.43. The van der Waals surface area contributed by atoms with E-state index in [0.29, 0.717) is 13.0 Å². The van der Waals surface area contributed by atoms with E-state index in [1.807, 2.05) is 12.1 Å². The number of anilines is 1. The van der Waals surface area contributed by atoms with Crippen molar-refractivity contribution in [2.24, 2.45) is 0 Å². The molecule has 0 unspecified atom stereocenters. The molecule has 0 radical (unpaired) electrons. The van der Waals surface area contributed by atoms with Crippen molar-refractivity contribution in [3.05, 3.63) is 29.8 Å². The highest BCUT2D eigenvalue weighted by molar-refractivity contribution is 5.92. The Balaban J connectivity index is 1.63. The Morgan fingerprint density at radius 2 is 1.89 bits per heavy atom. The van der Waals surface area contributed by atoms with Crippen LogP contribution in [-0.4, -0.2) is 43.6 Å². The van der Waals surface area contributed by atoms with Gasteiger partial charge in [0, 0.05) is 32.7 Å². The Kier molecular flexibility index (Phi) is 3.77. The molecule has 2 saturated heterocycles. The molecule has 0 aliphatic carbocycles. The predicted octanol–water partition coefficient (Wildman–Crippen LogP) is 0.760. The Morgan fingerprint density at radius 1 is 1.16 bits per heavy atom. The van der Waals surface area contributed by atoms with Gasteiger partial charge in [-0.25, -0.2) is 0 Å². The number of amides is 1. The first kappa shape index (κ1) is 12.6. The van der Waals surface area contributed by atoms with E-state index >= 15 is 0 Å². The minimum absolute atomic E-state index is 0.0369. The average Bonchev–Trinajstić information content (AvgIpc) is 2.87. The monoisotopic (exact) mass is 261 g/mol. The smallest absolute Gasteiger partial charge is 0.253 e. The van der Waals surface area contributed by atoms with E-state index in [1.165, 1.54) is 10.6 Å². The number of nitrogens with zero attached hydrogens (tertiary/aromatic N) is 2. The molecule has 3 rings (SSSR count). The molecule has 2 aliphatic heterocycles. The molecule has 0 atom stereocenters. The second kappa shape index (κ2) is 5.69. The topological polar surface area (TPSA) is 44.8 Å². The summed E-state index contributed by atoms with van der Waals surface area (Å²) < 4.78 is 0. The molecule has 1 amide bonds. The maximum atomic E-state index is 11.6. The van der Waals surface area contributed by atoms with E-state index in [9.17, 15) is 4.79 Å². The van der Waals surface area contributed by atoms with Crippen molar-refractivity contribution in [1.82, 2.24) is 10.2 Å². The molecule has 102 valence electrons. The zero-order valence-corrected chi connectivity index (χ0v) is 11.0. The number of hydrogen-bond acceptors (Lipinski definition) is 4. The minimum Gasteiger partial charge on any atom is -0.314 e. The maximum absolute atomic E-state index is 11.6. The van der Waals surface area contributed by atoms with Crippen LogP contribution < -0.4 is 10.4 Å². The number of hydrogen-bond donors (Lipinski definition) is 1. The number of nitrogens with one attached hydrogen (secondary N) is 1. The van der Waals surface area contributed by atoms with Gasteiger partial charge >= 0.3 is 0 Å². The quantitative estimate of drug-likeness (QED) is 0.872. The predicted molar refractivity (Wildman–Crippen MR) is 72.6 cm³/mol. The average molecular weight is 261 g/mol. The highest BCUT2D eigenvalue weighted by Crippen LogP contribution is 2.21. The van der Waals surface area contributed by atoms with Crippen LogP contribution in [0.15, 0.2) is 24.3 Å². The van der Waals surface area contributed by atoms with Crippen LogP contribution in [0.5, 0.6) is 0 Å². The number of hydroxylamine groups is 1. The molecule has 0 saturated carbocycles. The van der Waals surface area contributed by atoms with Crippen LogP contribution in [-0.2, 0) is 16.2 Å². The lowest BCUT2D eigenvalue weighted by Gasteiger charge is -2.27. The molecular formula is C14H19N3O2. The molecule has 1 aromatic carbocycles. The summed E-state index contributed by atoms with van der Waals surface area (Å²) in [4.78, 5) is 19.3. The van der Waals surface area contributed by atoms with E-state index in [4.69, 9.17) is 4.84 Å². The van der Waals surface area contributed by atoms with Gasteiger partial charge in [0.05, 0.1) is 18.7 Å². The SMILES string of the molecule is O=C1CCON1c1ccc(CN2CCNCC2)cc1. The van der Waals surface area contributed by atoms with Gasteiger partial charge in [-0.1, -0.05) is 12.1 Å². The molecular weight excluding hydrogens is 242 g/mol. The van der Waals surface area contributed by atoms with Crippen molar-refractivity contribution in [2.75, 3.05) is 37.8 Å². The van der Waals surface area contributed by atoms with Gasteiger partial charge in [0.15, 0.2) is 0 Å². The fraction of sp³-hybridized carbons (Fsp3) is 0.500. The van der Waals surface area contributed by atoms with Gasteiger partial charge in [-0.05, 0) is 17.7 Å². The summed E-state index contributed by atoms with van der Waals surface area (Å²) in [5.41, 5.74) is 2.10. The molecule has 5 heteroatoms. The molecule has 0 spiro atoms. The zero-order chi connectivity index (χ0) is 13.1. The van der Waals surface area contributed by atoms with Gasteiger partial charge in [-0.3, -0.25) is 14.5 Å². The normalized spacial score (nSPS) is 21.1. The second-order valence-electron chi connectivity index (χ2n) is 4.96. The summed E-state index contributed by atoms with van der Waals surface area (Å²) in [6.07, 6.45) is 0.475. The summed E-state index contributed by atoms with van der Waals surface area (Å²) in [6.45, 7) is 5.77. The molecule has 1 N–H and O–H groups in total. The number of carbonyl (C=O) groups excluding carboxylic acids is 1. The van der Waals surface area contributed by atoms with Crippen molar-refractivity contribution >= 4 is 11.6 Å². The van der Waals surface area contributed by atoms with Crippen molar-refractivity contribution in [1.29, 1.82) is 0 Å². The second-order valence-corrected chi connectivity index (χ2v) is 4.96. The summed E-state index contributed by atoms with van der Waals surface area (Å²) in [7, 11) is 0. The summed E-state index contributed by atoms with van der Waals surface area (Å²) in [5.74, 6) is 0.0369. The van der Waals surface area contributed by atoms with Crippen molar-refractivity contribution in [2.45, 2.75) is 13.0 Å². The van der Waals surface area contributed by atoms with E-state index in [0.717, 1.165) is 38.4 Å². The van der Waals surface area contributed by atoms with Crippen molar-refractivity contribution in [3.63, 3.8) is 0 Å². The zero-order valence-electron chi connectivity index (χ0n) is 11.0. The third-order valence-electron chi connectivity index (χ3n) is 3.55. The van der Waals surface area contributed by atoms with Gasteiger partial charge in [0.2, 0.25) is 0 Å². The summed E-state index contributed by atoms with van der Waals surface area (Å²) in [6, 6.07) is 8.07. The van der Waals surface area contributed by atoms with Crippen LogP contribution in [0.1, 0.15) is 12.0 Å². The number of rotatable bonds is 3. The van der Waals surface area contributed by atoms with Crippen LogP contribution in [0.4, 0.5) is 5.69 Å². The third-order valence-corrected chi connectivity index (χ3v) is 3.55. The van der Waals surface area contributed by atoms with Gasteiger partial charge in [0.1, 0.15) is 0 Å². The molecule has 0 aromatic heterocycles. The lowest BCUT2D eigenvalue weighted by molar-refractivity contribution is -0.119. The molecule has 1 aromatic rings. The summed E-state index contributed by atoms with van der Waals surface area (Å²) >= 11 is 0. The molecule has 2 heterocycles. The van der Waals surface area contributed by atoms with Crippen LogP contribution in [0.2, 0.25) is 0 Å². The highest BCUT2D eigenvalue weighted by Gasteiger charge is 2.23. The van der Waals surface area contributed by atoms with Crippen molar-refractivity contribution < 1.29 is 9.63 Å². The van der Waals surface area contributed by atoms with E-state index in [2.05, 4.69) is 22.3 Å². The first-order valence-electron chi connectivity index (χ1n) is 6.81. The maximum Gasteiger partial charge on any atom is 0.253 e. The molecule has 5 nitrogen and oxygen atoms in total. The van der Waals surface area contributed by atoms with Crippen LogP contribution in [0.3, 0.4) is 0 Å². The fourth-order valence-corrected chi connectivity index (χ4v) is 2.48.